The SMILES string of the molecule is CO[Si](C)(OC)[Si](OC)(OC)C(C)C. The third kappa shape index (κ3) is 2.10. The molecular weight excluding hydrogens is 216 g/mol. The van der Waals surface area contributed by atoms with Crippen LogP contribution in [0.5, 0.6) is 0 Å². The van der Waals surface area contributed by atoms with E-state index in [-0.39, 0.29) is 0 Å². The topological polar surface area (TPSA) is 36.9 Å². The lowest BCUT2D eigenvalue weighted by atomic mass is 10.6. The van der Waals surface area contributed by atoms with Gasteiger partial charge in [0.05, 0.1) is 0 Å². The molecule has 0 amide bonds. The molecule has 0 aromatic rings. The maximum Gasteiger partial charge on any atom is 0.386 e. The van der Waals surface area contributed by atoms with Crippen molar-refractivity contribution in [1.82, 2.24) is 0 Å². The van der Waals surface area contributed by atoms with Crippen molar-refractivity contribution in [1.29, 1.82) is 0 Å². The van der Waals surface area contributed by atoms with Gasteiger partial charge < -0.3 is 17.7 Å². The van der Waals surface area contributed by atoms with Gasteiger partial charge in [0.25, 0.3) is 0 Å². The van der Waals surface area contributed by atoms with Crippen LogP contribution >= 0.6 is 0 Å². The van der Waals surface area contributed by atoms with Gasteiger partial charge in [0.1, 0.15) is 0 Å². The second-order valence-corrected chi connectivity index (χ2v) is 14.4. The average molecular weight is 238 g/mol. The Balaban J connectivity index is 5.14. The quantitative estimate of drug-likeness (QED) is 0.658. The van der Waals surface area contributed by atoms with E-state index in [0.717, 1.165) is 0 Å². The van der Waals surface area contributed by atoms with Crippen LogP contribution in [0.15, 0.2) is 0 Å². The molecule has 0 aliphatic heterocycles. The van der Waals surface area contributed by atoms with E-state index in [9.17, 15) is 0 Å². The fourth-order valence-electron chi connectivity index (χ4n) is 1.82. The lowest BCUT2D eigenvalue weighted by Crippen LogP contribution is -2.68. The summed E-state index contributed by atoms with van der Waals surface area (Å²) in [7, 11) is 1.96. The van der Waals surface area contributed by atoms with Gasteiger partial charge in [-0.25, -0.2) is 0 Å². The van der Waals surface area contributed by atoms with E-state index < -0.39 is 16.2 Å². The summed E-state index contributed by atoms with van der Waals surface area (Å²) in [6.45, 7) is 6.16. The van der Waals surface area contributed by atoms with Gasteiger partial charge in [-0.15, -0.1) is 0 Å². The Labute approximate surface area is 88.8 Å². The van der Waals surface area contributed by atoms with Crippen LogP contribution in [0.1, 0.15) is 13.8 Å². The highest BCUT2D eigenvalue weighted by atomic mass is 29.3. The molecule has 86 valence electrons. The summed E-state index contributed by atoms with van der Waals surface area (Å²) in [5.41, 5.74) is 0.300. The van der Waals surface area contributed by atoms with Crippen LogP contribution in [0.3, 0.4) is 0 Å². The molecule has 0 unspecified atom stereocenters. The zero-order chi connectivity index (χ0) is 11.4. The van der Waals surface area contributed by atoms with Crippen LogP contribution in [0.4, 0.5) is 0 Å². The first-order chi connectivity index (χ1) is 6.44. The van der Waals surface area contributed by atoms with Crippen molar-refractivity contribution in [2.75, 3.05) is 28.4 Å². The molecule has 0 heterocycles. The van der Waals surface area contributed by atoms with Crippen LogP contribution < -0.4 is 0 Å². The van der Waals surface area contributed by atoms with E-state index in [1.54, 1.807) is 28.4 Å². The molecule has 0 aromatic carbocycles. The zero-order valence-corrected chi connectivity index (χ0v) is 12.2. The highest BCUT2D eigenvalue weighted by Gasteiger charge is 2.61. The second kappa shape index (κ2) is 5.38. The highest BCUT2D eigenvalue weighted by molar-refractivity contribution is 7.32. The molecule has 14 heavy (non-hydrogen) atoms. The zero-order valence-electron chi connectivity index (χ0n) is 10.2. The molecular formula is C8H22O4Si2. The first-order valence-electron chi connectivity index (χ1n) is 4.64. The largest absolute Gasteiger partial charge is 0.397 e. The van der Waals surface area contributed by atoms with Crippen molar-refractivity contribution in [2.45, 2.75) is 25.9 Å². The van der Waals surface area contributed by atoms with Gasteiger partial charge in [0.2, 0.25) is 0 Å². The summed E-state index contributed by atoms with van der Waals surface area (Å²) in [5, 5.41) is 0. The van der Waals surface area contributed by atoms with Gasteiger partial charge >= 0.3 is 16.2 Å². The Morgan fingerprint density at radius 3 is 1.21 bits per heavy atom. The lowest BCUT2D eigenvalue weighted by molar-refractivity contribution is 0.199. The first kappa shape index (κ1) is 14.3. The fraction of sp³-hybridized carbons (Fsp3) is 1.00. The summed E-state index contributed by atoms with van der Waals surface area (Å²) >= 11 is 0. The van der Waals surface area contributed by atoms with E-state index in [4.69, 9.17) is 17.7 Å². The van der Waals surface area contributed by atoms with Gasteiger partial charge in [-0.1, -0.05) is 13.8 Å². The molecule has 6 heteroatoms. The molecule has 0 bridgehead atoms. The lowest BCUT2D eigenvalue weighted by Gasteiger charge is -2.40. The Hall–Kier alpha value is 0.274. The van der Waals surface area contributed by atoms with Gasteiger partial charge in [0, 0.05) is 28.4 Å². The van der Waals surface area contributed by atoms with E-state index >= 15 is 0 Å². The van der Waals surface area contributed by atoms with Crippen molar-refractivity contribution < 1.29 is 17.7 Å². The standard InChI is InChI=1S/C8H22O4Si2/c1-8(2)14(11-5,12-6)13(7,9-3)10-4/h8H,1-7H3. The van der Waals surface area contributed by atoms with Gasteiger partial charge in [-0.2, -0.15) is 0 Å². The van der Waals surface area contributed by atoms with E-state index in [2.05, 4.69) is 13.8 Å². The van der Waals surface area contributed by atoms with Crippen LogP contribution in [-0.2, 0) is 17.7 Å². The maximum absolute atomic E-state index is 5.62. The van der Waals surface area contributed by atoms with Gasteiger partial charge in [-0.3, -0.25) is 0 Å². The van der Waals surface area contributed by atoms with Crippen LogP contribution in [0.25, 0.3) is 0 Å². The van der Waals surface area contributed by atoms with E-state index in [1.807, 2.05) is 6.55 Å². The maximum atomic E-state index is 5.62. The molecule has 0 spiro atoms. The Kier molecular flexibility index (Phi) is 5.49. The van der Waals surface area contributed by atoms with Crippen molar-refractivity contribution in [2.24, 2.45) is 0 Å². The molecule has 0 atom stereocenters. The summed E-state index contributed by atoms with van der Waals surface area (Å²) in [6, 6.07) is 0. The first-order valence-corrected chi connectivity index (χ1v) is 9.85. The number of rotatable bonds is 6. The molecule has 0 fully saturated rings. The van der Waals surface area contributed by atoms with Crippen LogP contribution in [0, 0.1) is 0 Å². The summed E-state index contributed by atoms with van der Waals surface area (Å²) in [4.78, 5) is 0. The molecule has 0 aliphatic rings. The molecule has 4 nitrogen and oxygen atoms in total. The summed E-state index contributed by atoms with van der Waals surface area (Å²) in [6.07, 6.45) is 0. The Bertz CT molecular complexity index is 167. The van der Waals surface area contributed by atoms with Crippen molar-refractivity contribution in [3.8, 4) is 0 Å². The van der Waals surface area contributed by atoms with Crippen LogP contribution in [-0.4, -0.2) is 44.6 Å². The predicted molar refractivity (Wildman–Crippen MR) is 60.5 cm³/mol. The van der Waals surface area contributed by atoms with Crippen LogP contribution in [0.2, 0.25) is 12.1 Å². The van der Waals surface area contributed by atoms with Gasteiger partial charge in [-0.05, 0) is 12.1 Å². The normalized spacial score (nSPS) is 13.7. The number of hydrogen-bond donors (Lipinski definition) is 0. The summed E-state index contributed by atoms with van der Waals surface area (Å²) in [5.74, 6) is 0. The minimum Gasteiger partial charge on any atom is -0.397 e. The predicted octanol–water partition coefficient (Wildman–Crippen LogP) is 1.57. The van der Waals surface area contributed by atoms with Crippen molar-refractivity contribution >= 4 is 16.2 Å². The molecule has 0 saturated carbocycles. The molecule has 0 saturated heterocycles. The third-order valence-corrected chi connectivity index (χ3v) is 16.3. The van der Waals surface area contributed by atoms with Gasteiger partial charge in [0.15, 0.2) is 0 Å². The molecule has 0 rings (SSSR count). The monoisotopic (exact) mass is 238 g/mol. The minimum absolute atomic E-state index is 0.300. The fourth-order valence-corrected chi connectivity index (χ4v) is 12.5. The molecule has 0 aliphatic carbocycles. The highest BCUT2D eigenvalue weighted by Crippen LogP contribution is 2.32. The number of hydrogen-bond acceptors (Lipinski definition) is 4. The molecule has 0 radical (unpaired) electrons. The van der Waals surface area contributed by atoms with Crippen molar-refractivity contribution in [3.63, 3.8) is 0 Å². The third-order valence-electron chi connectivity index (χ3n) is 2.78. The average Bonchev–Trinajstić information content (AvgIpc) is 2.19. The molecule has 0 N–H and O–H groups in total. The summed E-state index contributed by atoms with van der Waals surface area (Å²) < 4.78 is 22.3. The van der Waals surface area contributed by atoms with E-state index in [0.29, 0.717) is 5.54 Å². The molecule has 0 aromatic heterocycles. The Morgan fingerprint density at radius 1 is 0.786 bits per heavy atom. The Morgan fingerprint density at radius 2 is 1.14 bits per heavy atom. The second-order valence-electron chi connectivity index (χ2n) is 3.58. The smallest absolute Gasteiger partial charge is 0.386 e. The van der Waals surface area contributed by atoms with E-state index in [1.165, 1.54) is 0 Å². The minimum atomic E-state index is -2.38. The van der Waals surface area contributed by atoms with Crippen molar-refractivity contribution in [3.05, 3.63) is 0 Å².